The number of hydrogen-bond acceptors (Lipinski definition) is 7. The van der Waals surface area contributed by atoms with Gasteiger partial charge in [0.25, 0.3) is 0 Å². The minimum absolute atomic E-state index is 0.205. The summed E-state index contributed by atoms with van der Waals surface area (Å²) >= 11 is 0. The van der Waals surface area contributed by atoms with Crippen molar-refractivity contribution in [2.24, 2.45) is 4.36 Å². The van der Waals surface area contributed by atoms with E-state index in [1.165, 1.54) is 25.5 Å². The smallest absolute Gasteiger partial charge is 0.384 e. The Hall–Kier alpha value is -2.47. The Bertz CT molecular complexity index is 1100. The van der Waals surface area contributed by atoms with Crippen LogP contribution in [-0.2, 0) is 20.6 Å². The molecule has 12 heteroatoms. The molecule has 0 aliphatic rings. The van der Waals surface area contributed by atoms with Crippen molar-refractivity contribution in [3.05, 3.63) is 29.9 Å². The molecule has 0 fully saturated rings. The van der Waals surface area contributed by atoms with Crippen molar-refractivity contribution in [1.82, 2.24) is 19.5 Å². The molecule has 3 aromatic rings. The molecule has 0 aliphatic carbocycles. The number of rotatable bonds is 5. The van der Waals surface area contributed by atoms with Gasteiger partial charge in [-0.15, -0.1) is 0 Å². The summed E-state index contributed by atoms with van der Waals surface area (Å²) in [6, 6.07) is 3.01. The lowest BCUT2D eigenvalue weighted by Crippen LogP contribution is -2.08. The van der Waals surface area contributed by atoms with Crippen LogP contribution < -0.4 is 0 Å². The van der Waals surface area contributed by atoms with Gasteiger partial charge in [-0.3, -0.25) is 4.40 Å². The molecule has 0 bridgehead atoms. The molecule has 0 spiro atoms. The van der Waals surface area contributed by atoms with Crippen LogP contribution in [-0.4, -0.2) is 49.5 Å². The molecule has 0 saturated carbocycles. The first-order valence-corrected chi connectivity index (χ1v) is 9.79. The van der Waals surface area contributed by atoms with Crippen LogP contribution in [0.1, 0.15) is 11.6 Å². The van der Waals surface area contributed by atoms with Gasteiger partial charge in [0, 0.05) is 25.1 Å². The van der Waals surface area contributed by atoms with Gasteiger partial charge in [-0.1, -0.05) is 5.16 Å². The van der Waals surface area contributed by atoms with E-state index in [1.807, 2.05) is 0 Å². The van der Waals surface area contributed by atoms with Crippen LogP contribution in [0.4, 0.5) is 19.0 Å². The minimum Gasteiger partial charge on any atom is -0.384 e. The second-order valence-electron chi connectivity index (χ2n) is 5.83. The number of alkyl halides is 3. The van der Waals surface area contributed by atoms with Crippen LogP contribution in [0.2, 0.25) is 0 Å². The third kappa shape index (κ3) is 4.11. The van der Waals surface area contributed by atoms with Gasteiger partial charge in [-0.2, -0.15) is 22.5 Å². The van der Waals surface area contributed by atoms with Crippen LogP contribution in [0, 0.1) is 6.92 Å². The lowest BCUT2D eigenvalue weighted by Gasteiger charge is -2.04. The third-order valence-electron chi connectivity index (χ3n) is 3.64. The molecule has 27 heavy (non-hydrogen) atoms. The third-order valence-corrected chi connectivity index (χ3v) is 5.12. The van der Waals surface area contributed by atoms with Gasteiger partial charge in [0.05, 0.1) is 27.8 Å². The van der Waals surface area contributed by atoms with E-state index in [4.69, 9.17) is 4.74 Å². The van der Waals surface area contributed by atoms with Crippen molar-refractivity contribution in [3.63, 3.8) is 0 Å². The van der Waals surface area contributed by atoms with Gasteiger partial charge >= 0.3 is 12.1 Å². The summed E-state index contributed by atoms with van der Waals surface area (Å²) in [4.78, 5) is 7.68. The van der Waals surface area contributed by atoms with Gasteiger partial charge in [-0.05, 0) is 19.1 Å². The summed E-state index contributed by atoms with van der Waals surface area (Å²) in [5.74, 6) is -0.957. The van der Waals surface area contributed by atoms with Crippen LogP contribution in [0.5, 0.6) is 0 Å². The molecule has 0 aromatic carbocycles. The fraction of sp³-hybridized carbons (Fsp3) is 0.400. The average molecular weight is 403 g/mol. The van der Waals surface area contributed by atoms with Gasteiger partial charge < -0.3 is 9.26 Å². The highest BCUT2D eigenvalue weighted by Gasteiger charge is 2.38. The van der Waals surface area contributed by atoms with Crippen molar-refractivity contribution in [2.45, 2.75) is 13.1 Å². The first kappa shape index (κ1) is 19.3. The topological polar surface area (TPSA) is 94.9 Å². The highest BCUT2D eigenvalue weighted by atomic mass is 32.2. The number of methoxy groups -OCH3 is 1. The molecule has 3 heterocycles. The molecule has 1 unspecified atom stereocenters. The number of fused-ring (bicyclic) bond motifs is 1. The highest BCUT2D eigenvalue weighted by molar-refractivity contribution is 7.93. The summed E-state index contributed by atoms with van der Waals surface area (Å²) < 4.78 is 65.5. The Balaban J connectivity index is 2.02. The van der Waals surface area contributed by atoms with Crippen molar-refractivity contribution in [1.29, 1.82) is 0 Å². The summed E-state index contributed by atoms with van der Waals surface area (Å²) in [6.45, 7) is 2.01. The fourth-order valence-electron chi connectivity index (χ4n) is 2.32. The summed E-state index contributed by atoms with van der Waals surface area (Å²) in [6.07, 6.45) is -1.63. The number of hydrogen-bond donors (Lipinski definition) is 0. The Morgan fingerprint density at radius 2 is 2.11 bits per heavy atom. The van der Waals surface area contributed by atoms with Crippen LogP contribution in [0.3, 0.4) is 0 Å². The second kappa shape index (κ2) is 6.93. The maximum absolute atomic E-state index is 12.6. The number of aromatic nitrogens is 4. The van der Waals surface area contributed by atoms with E-state index in [1.54, 1.807) is 17.5 Å². The average Bonchev–Trinajstić information content (AvgIpc) is 3.18. The number of nitrogens with zero attached hydrogens (tertiary/aromatic N) is 5. The van der Waals surface area contributed by atoms with Crippen molar-refractivity contribution in [3.8, 4) is 11.4 Å². The molecule has 0 amide bonds. The quantitative estimate of drug-likeness (QED) is 0.650. The first-order valence-electron chi connectivity index (χ1n) is 7.69. The summed E-state index contributed by atoms with van der Waals surface area (Å²) in [5, 5.41) is 3.36. The monoisotopic (exact) mass is 403 g/mol. The first-order chi connectivity index (χ1) is 12.6. The zero-order chi connectivity index (χ0) is 19.8. The Labute approximate surface area is 152 Å². The molecule has 8 nitrogen and oxygen atoms in total. The normalized spacial score (nSPS) is 14.4. The van der Waals surface area contributed by atoms with E-state index in [0.29, 0.717) is 29.3 Å². The molecule has 0 aliphatic heterocycles. The van der Waals surface area contributed by atoms with Crippen molar-refractivity contribution >= 4 is 21.2 Å². The van der Waals surface area contributed by atoms with Gasteiger partial charge in [0.1, 0.15) is 5.65 Å². The Kier molecular flexibility index (Phi) is 4.95. The standard InChI is InChI=1S/C15H16F3N5O3S/c1-9-13(22-27(3,24)7-6-25-2)23-5-4-10(8-11(23)19-9)12-20-14(26-21-12)15(16,17)18/h4-5,8H,6-7H2,1-3H3. The second-order valence-corrected chi connectivity index (χ2v) is 8.34. The van der Waals surface area contributed by atoms with E-state index in [9.17, 15) is 17.4 Å². The van der Waals surface area contributed by atoms with E-state index in [2.05, 4.69) is 24.0 Å². The zero-order valence-electron chi connectivity index (χ0n) is 14.6. The van der Waals surface area contributed by atoms with Crippen molar-refractivity contribution < 1.29 is 26.6 Å². The molecular formula is C15H16F3N5O3S. The van der Waals surface area contributed by atoms with Gasteiger partial charge in [0.15, 0.2) is 5.82 Å². The number of aryl methyl sites for hydroxylation is 1. The SMILES string of the molecule is COCCS(C)(=O)=Nc1c(C)nc2cc(-c3noc(C(F)(F)F)n3)ccn12. The van der Waals surface area contributed by atoms with Gasteiger partial charge in [0.2, 0.25) is 5.82 Å². The van der Waals surface area contributed by atoms with E-state index < -0.39 is 21.8 Å². The fourth-order valence-corrected chi connectivity index (χ4v) is 3.47. The molecule has 0 N–H and O–H groups in total. The molecule has 0 saturated heterocycles. The number of ether oxygens (including phenoxy) is 1. The number of halogens is 3. The lowest BCUT2D eigenvalue weighted by atomic mass is 10.2. The maximum atomic E-state index is 12.6. The molecule has 146 valence electrons. The number of imidazole rings is 1. The molecular weight excluding hydrogens is 387 g/mol. The minimum atomic E-state index is -4.71. The highest BCUT2D eigenvalue weighted by Crippen LogP contribution is 2.30. The molecule has 1 atom stereocenters. The van der Waals surface area contributed by atoms with Crippen LogP contribution >= 0.6 is 0 Å². The largest absolute Gasteiger partial charge is 0.471 e. The molecule has 3 aromatic heterocycles. The Morgan fingerprint density at radius 3 is 2.74 bits per heavy atom. The molecule has 0 radical (unpaired) electrons. The Morgan fingerprint density at radius 1 is 1.37 bits per heavy atom. The van der Waals surface area contributed by atoms with E-state index >= 15 is 0 Å². The van der Waals surface area contributed by atoms with Crippen LogP contribution in [0.25, 0.3) is 17.0 Å². The summed E-state index contributed by atoms with van der Waals surface area (Å²) in [7, 11) is -1.02. The maximum Gasteiger partial charge on any atom is 0.471 e. The van der Waals surface area contributed by atoms with Crippen LogP contribution in [0.15, 0.2) is 27.2 Å². The lowest BCUT2D eigenvalue weighted by molar-refractivity contribution is -0.159. The molecule has 3 rings (SSSR count). The van der Waals surface area contributed by atoms with Crippen molar-refractivity contribution in [2.75, 3.05) is 25.7 Å². The predicted octanol–water partition coefficient (Wildman–Crippen LogP) is 3.09. The zero-order valence-corrected chi connectivity index (χ0v) is 15.5. The summed E-state index contributed by atoms with van der Waals surface area (Å²) in [5.41, 5.74) is 1.24. The number of pyridine rings is 1. The predicted molar refractivity (Wildman–Crippen MR) is 91.1 cm³/mol. The van der Waals surface area contributed by atoms with E-state index in [0.717, 1.165) is 0 Å². The van der Waals surface area contributed by atoms with E-state index in [-0.39, 0.29) is 11.6 Å². The van der Waals surface area contributed by atoms with Gasteiger partial charge in [-0.25, -0.2) is 9.19 Å².